The zero-order valence-corrected chi connectivity index (χ0v) is 16.5. The second-order valence-corrected chi connectivity index (χ2v) is 7.81. The Bertz CT molecular complexity index is 1310. The fraction of sp³-hybridized carbons (Fsp3) is 0.174. The van der Waals surface area contributed by atoms with Crippen LogP contribution in [0.4, 0.5) is 10.2 Å². The number of nitrogen functional groups attached to an aromatic ring is 1. The Morgan fingerprint density at radius 1 is 1.06 bits per heavy atom. The molecule has 5 rings (SSSR count). The maximum atomic E-state index is 13.3. The average molecular weight is 417 g/mol. The molecule has 8 heteroatoms. The molecule has 0 saturated heterocycles. The van der Waals surface area contributed by atoms with Crippen LogP contribution >= 0.6 is 0 Å². The number of carbonyl (C=O) groups excluding carboxylic acids is 1. The lowest BCUT2D eigenvalue weighted by Gasteiger charge is -2.32. The predicted octanol–water partition coefficient (Wildman–Crippen LogP) is 3.28. The molecular formula is C23H20FN5O2. The van der Waals surface area contributed by atoms with Gasteiger partial charge >= 0.3 is 0 Å². The molecule has 0 radical (unpaired) electrons. The normalized spacial score (nSPS) is 18.1. The first-order chi connectivity index (χ1) is 14.9. The Labute approximate surface area is 177 Å². The fourth-order valence-corrected chi connectivity index (χ4v) is 3.98. The molecule has 1 aliphatic carbocycles. The standard InChI is InChI=1S/C23H20FN5O2/c24-15-6-3-12(4-7-15)18-8-5-13-1-2-14(9-19(13)27-18)21-20(23(26)31)22(25)29(28-21)16-10-17(30)11-16/h1-9,16-17,30H,10-11,25H2,(H2,26,31). The molecule has 4 aromatic rings. The summed E-state index contributed by atoms with van der Waals surface area (Å²) in [4.78, 5) is 16.8. The summed E-state index contributed by atoms with van der Waals surface area (Å²) in [6.07, 6.45) is 0.678. The summed E-state index contributed by atoms with van der Waals surface area (Å²) in [7, 11) is 0. The number of halogens is 1. The van der Waals surface area contributed by atoms with Gasteiger partial charge in [0.1, 0.15) is 22.9 Å². The van der Waals surface area contributed by atoms with Crippen molar-refractivity contribution in [3.63, 3.8) is 0 Å². The Balaban J connectivity index is 1.60. The van der Waals surface area contributed by atoms with Gasteiger partial charge in [-0.2, -0.15) is 5.10 Å². The third-order valence-electron chi connectivity index (χ3n) is 5.73. The molecule has 2 aromatic heterocycles. The molecule has 0 atom stereocenters. The molecule has 0 spiro atoms. The van der Waals surface area contributed by atoms with Crippen LogP contribution in [0.2, 0.25) is 0 Å². The van der Waals surface area contributed by atoms with Gasteiger partial charge in [-0.25, -0.2) is 14.1 Å². The molecule has 1 saturated carbocycles. The molecule has 2 heterocycles. The maximum Gasteiger partial charge on any atom is 0.254 e. The summed E-state index contributed by atoms with van der Waals surface area (Å²) in [5, 5.41) is 15.1. The highest BCUT2D eigenvalue weighted by Gasteiger charge is 2.33. The van der Waals surface area contributed by atoms with Crippen LogP contribution in [0.1, 0.15) is 29.2 Å². The molecule has 1 fully saturated rings. The van der Waals surface area contributed by atoms with Crippen molar-refractivity contribution in [3.05, 3.63) is 66.0 Å². The van der Waals surface area contributed by atoms with Crippen molar-refractivity contribution in [2.45, 2.75) is 25.0 Å². The van der Waals surface area contributed by atoms with E-state index < -0.39 is 5.91 Å². The first-order valence-corrected chi connectivity index (χ1v) is 9.93. The lowest BCUT2D eigenvalue weighted by Crippen LogP contribution is -2.32. The van der Waals surface area contributed by atoms with Gasteiger partial charge < -0.3 is 16.6 Å². The van der Waals surface area contributed by atoms with Gasteiger partial charge in [0.15, 0.2) is 0 Å². The highest BCUT2D eigenvalue weighted by atomic mass is 19.1. The number of anilines is 1. The molecule has 1 aliphatic rings. The molecule has 156 valence electrons. The topological polar surface area (TPSA) is 120 Å². The number of aliphatic hydroxyl groups excluding tert-OH is 1. The number of primary amides is 1. The molecule has 7 nitrogen and oxygen atoms in total. The minimum absolute atomic E-state index is 0.0643. The summed E-state index contributed by atoms with van der Waals surface area (Å²) in [6.45, 7) is 0. The van der Waals surface area contributed by atoms with E-state index in [-0.39, 0.29) is 29.3 Å². The molecule has 5 N–H and O–H groups in total. The van der Waals surface area contributed by atoms with Crippen LogP contribution in [0.15, 0.2) is 54.6 Å². The summed E-state index contributed by atoms with van der Waals surface area (Å²) < 4.78 is 14.8. The van der Waals surface area contributed by atoms with Gasteiger partial charge in [-0.05, 0) is 49.2 Å². The Morgan fingerprint density at radius 3 is 2.42 bits per heavy atom. The van der Waals surface area contributed by atoms with E-state index in [9.17, 15) is 14.3 Å². The number of amides is 1. The maximum absolute atomic E-state index is 13.3. The van der Waals surface area contributed by atoms with Crippen molar-refractivity contribution in [1.82, 2.24) is 14.8 Å². The van der Waals surface area contributed by atoms with Crippen molar-refractivity contribution in [2.75, 3.05) is 5.73 Å². The summed E-state index contributed by atoms with van der Waals surface area (Å²) in [6, 6.07) is 15.4. The molecule has 31 heavy (non-hydrogen) atoms. The zero-order chi connectivity index (χ0) is 21.7. The van der Waals surface area contributed by atoms with Crippen molar-refractivity contribution < 1.29 is 14.3 Å². The minimum Gasteiger partial charge on any atom is -0.393 e. The summed E-state index contributed by atoms with van der Waals surface area (Å²) >= 11 is 0. The third kappa shape index (κ3) is 3.30. The predicted molar refractivity (Wildman–Crippen MR) is 116 cm³/mol. The first-order valence-electron chi connectivity index (χ1n) is 9.93. The van der Waals surface area contributed by atoms with Crippen LogP contribution in [0, 0.1) is 5.82 Å². The van der Waals surface area contributed by atoms with Crippen molar-refractivity contribution in [2.24, 2.45) is 5.73 Å². The number of carbonyl (C=O) groups is 1. The SMILES string of the molecule is NC(=O)c1c(-c2ccc3ccc(-c4ccc(F)cc4)nc3c2)nn(C2CC(O)C2)c1N. The van der Waals surface area contributed by atoms with Crippen LogP contribution in [-0.2, 0) is 0 Å². The van der Waals surface area contributed by atoms with Gasteiger partial charge in [0.05, 0.1) is 23.4 Å². The average Bonchev–Trinajstić information content (AvgIpc) is 3.08. The van der Waals surface area contributed by atoms with Crippen LogP contribution in [-0.4, -0.2) is 31.9 Å². The van der Waals surface area contributed by atoms with Gasteiger partial charge in [-0.15, -0.1) is 0 Å². The highest BCUT2D eigenvalue weighted by molar-refractivity contribution is 6.04. The smallest absolute Gasteiger partial charge is 0.254 e. The minimum atomic E-state index is -0.660. The zero-order valence-electron chi connectivity index (χ0n) is 16.5. The molecular weight excluding hydrogens is 397 g/mol. The van der Waals surface area contributed by atoms with Crippen LogP contribution in [0.25, 0.3) is 33.4 Å². The second kappa shape index (κ2) is 7.17. The monoisotopic (exact) mass is 417 g/mol. The molecule has 2 aromatic carbocycles. The van der Waals surface area contributed by atoms with E-state index in [4.69, 9.17) is 16.5 Å². The van der Waals surface area contributed by atoms with Gasteiger partial charge in [-0.3, -0.25) is 4.79 Å². The number of aliphatic hydroxyl groups is 1. The molecule has 0 aliphatic heterocycles. The molecule has 0 bridgehead atoms. The Hall–Kier alpha value is -3.78. The van der Waals surface area contributed by atoms with E-state index in [1.807, 2.05) is 30.3 Å². The number of hydrogen-bond donors (Lipinski definition) is 3. The van der Waals surface area contributed by atoms with Crippen LogP contribution < -0.4 is 11.5 Å². The van der Waals surface area contributed by atoms with Crippen LogP contribution in [0.5, 0.6) is 0 Å². The van der Waals surface area contributed by atoms with Crippen molar-refractivity contribution >= 4 is 22.6 Å². The van der Waals surface area contributed by atoms with Crippen molar-refractivity contribution in [1.29, 1.82) is 0 Å². The number of nitrogens with zero attached hydrogens (tertiary/aromatic N) is 3. The lowest BCUT2D eigenvalue weighted by molar-refractivity contribution is 0.0445. The van der Waals surface area contributed by atoms with E-state index in [1.54, 1.807) is 16.8 Å². The fourth-order valence-electron chi connectivity index (χ4n) is 3.98. The Morgan fingerprint density at radius 2 is 1.74 bits per heavy atom. The van der Waals surface area contributed by atoms with E-state index in [0.717, 1.165) is 10.9 Å². The number of nitrogens with two attached hydrogens (primary N) is 2. The van der Waals surface area contributed by atoms with Gasteiger partial charge in [0.25, 0.3) is 5.91 Å². The number of rotatable bonds is 4. The summed E-state index contributed by atoms with van der Waals surface area (Å²) in [5.41, 5.74) is 15.2. The van der Waals surface area contributed by atoms with E-state index in [2.05, 4.69) is 5.10 Å². The number of fused-ring (bicyclic) bond motifs is 1. The first kappa shape index (κ1) is 19.2. The molecule has 1 amide bonds. The number of hydrogen-bond acceptors (Lipinski definition) is 5. The second-order valence-electron chi connectivity index (χ2n) is 7.81. The van der Waals surface area contributed by atoms with Gasteiger partial charge in [0, 0.05) is 16.5 Å². The Kier molecular flexibility index (Phi) is 4.44. The van der Waals surface area contributed by atoms with E-state index in [0.29, 0.717) is 35.3 Å². The van der Waals surface area contributed by atoms with Crippen molar-refractivity contribution in [3.8, 4) is 22.5 Å². The highest BCUT2D eigenvalue weighted by Crippen LogP contribution is 2.37. The van der Waals surface area contributed by atoms with E-state index in [1.165, 1.54) is 12.1 Å². The lowest BCUT2D eigenvalue weighted by atomic mass is 9.90. The van der Waals surface area contributed by atoms with Gasteiger partial charge in [-0.1, -0.05) is 18.2 Å². The van der Waals surface area contributed by atoms with Crippen LogP contribution in [0.3, 0.4) is 0 Å². The quantitative estimate of drug-likeness (QED) is 0.471. The van der Waals surface area contributed by atoms with E-state index >= 15 is 0 Å². The summed E-state index contributed by atoms with van der Waals surface area (Å²) in [5.74, 6) is -0.766. The number of benzene rings is 2. The third-order valence-corrected chi connectivity index (χ3v) is 5.73. The molecule has 0 unspecified atom stereocenters. The largest absolute Gasteiger partial charge is 0.393 e. The number of pyridine rings is 1. The van der Waals surface area contributed by atoms with Gasteiger partial charge in [0.2, 0.25) is 0 Å². The number of aromatic nitrogens is 3.